The molecule has 0 radical (unpaired) electrons. The molecule has 0 aromatic heterocycles. The predicted octanol–water partition coefficient (Wildman–Crippen LogP) is 2.96. The fourth-order valence-electron chi connectivity index (χ4n) is 2.26. The van der Waals surface area contributed by atoms with Crippen molar-refractivity contribution >= 4 is 21.8 Å². The first kappa shape index (κ1) is 14.5. The van der Waals surface area contributed by atoms with E-state index in [4.69, 9.17) is 0 Å². The lowest BCUT2D eigenvalue weighted by molar-refractivity contribution is 0.0664. The van der Waals surface area contributed by atoms with Gasteiger partial charge in [-0.15, -0.1) is 0 Å². The minimum atomic E-state index is 0.149. The Morgan fingerprint density at radius 1 is 1.16 bits per heavy atom. The molecule has 1 fully saturated rings. The quantitative estimate of drug-likeness (QED) is 0.835. The summed E-state index contributed by atoms with van der Waals surface area (Å²) in [4.78, 5) is 16.7. The second-order valence-corrected chi connectivity index (χ2v) is 6.44. The highest BCUT2D eigenvalue weighted by molar-refractivity contribution is 9.10. The van der Waals surface area contributed by atoms with Crippen LogP contribution >= 0.6 is 15.9 Å². The average molecular weight is 325 g/mol. The van der Waals surface area contributed by atoms with Crippen LogP contribution in [0, 0.1) is 0 Å². The third-order valence-electron chi connectivity index (χ3n) is 3.62. The van der Waals surface area contributed by atoms with E-state index in [1.807, 2.05) is 17.0 Å². The van der Waals surface area contributed by atoms with Gasteiger partial charge < -0.3 is 9.80 Å². The van der Waals surface area contributed by atoms with E-state index >= 15 is 0 Å². The van der Waals surface area contributed by atoms with E-state index < -0.39 is 0 Å². The van der Waals surface area contributed by atoms with Crippen LogP contribution in [0.15, 0.2) is 22.7 Å². The molecule has 1 saturated heterocycles. The molecule has 3 nitrogen and oxygen atoms in total. The van der Waals surface area contributed by atoms with Gasteiger partial charge in [-0.25, -0.2) is 0 Å². The first-order valence-corrected chi connectivity index (χ1v) is 7.55. The molecule has 1 aliphatic rings. The SMILES string of the molecule is CC(C)c1cc(Br)cc(C(=O)N2CCN(C)CC2)c1. The smallest absolute Gasteiger partial charge is 0.253 e. The second-order valence-electron chi connectivity index (χ2n) is 5.52. The van der Waals surface area contributed by atoms with Crippen molar-refractivity contribution in [2.24, 2.45) is 0 Å². The van der Waals surface area contributed by atoms with E-state index in [-0.39, 0.29) is 5.91 Å². The van der Waals surface area contributed by atoms with Gasteiger partial charge in [0.05, 0.1) is 0 Å². The van der Waals surface area contributed by atoms with Crippen LogP contribution in [0.5, 0.6) is 0 Å². The number of hydrogen-bond donors (Lipinski definition) is 0. The van der Waals surface area contributed by atoms with Crippen LogP contribution < -0.4 is 0 Å². The lowest BCUT2D eigenvalue weighted by Crippen LogP contribution is -2.47. The summed E-state index contributed by atoms with van der Waals surface area (Å²) in [5, 5.41) is 0. The summed E-state index contributed by atoms with van der Waals surface area (Å²) < 4.78 is 0.983. The molecular formula is C15H21BrN2O. The van der Waals surface area contributed by atoms with Crippen molar-refractivity contribution in [2.75, 3.05) is 33.2 Å². The lowest BCUT2D eigenvalue weighted by Gasteiger charge is -2.32. The van der Waals surface area contributed by atoms with Gasteiger partial charge in [-0.1, -0.05) is 29.8 Å². The van der Waals surface area contributed by atoms with Crippen LogP contribution in [0.25, 0.3) is 0 Å². The standard InChI is InChI=1S/C15H21BrN2O/c1-11(2)12-8-13(10-14(16)9-12)15(19)18-6-4-17(3)5-7-18/h8-11H,4-7H2,1-3H3. The number of hydrogen-bond acceptors (Lipinski definition) is 2. The molecule has 1 heterocycles. The molecule has 0 aliphatic carbocycles. The van der Waals surface area contributed by atoms with Gasteiger partial charge in [-0.2, -0.15) is 0 Å². The second kappa shape index (κ2) is 6.06. The largest absolute Gasteiger partial charge is 0.336 e. The highest BCUT2D eigenvalue weighted by Gasteiger charge is 2.21. The maximum Gasteiger partial charge on any atom is 0.253 e. The molecule has 0 atom stereocenters. The summed E-state index contributed by atoms with van der Waals surface area (Å²) in [5.41, 5.74) is 1.99. The molecule has 19 heavy (non-hydrogen) atoms. The molecule has 0 saturated carbocycles. The Morgan fingerprint density at radius 2 is 1.79 bits per heavy atom. The molecule has 1 amide bonds. The van der Waals surface area contributed by atoms with Gasteiger partial charge in [0.15, 0.2) is 0 Å². The highest BCUT2D eigenvalue weighted by Crippen LogP contribution is 2.23. The third kappa shape index (κ3) is 3.57. The number of likely N-dealkylation sites (N-methyl/N-ethyl adjacent to an activating group) is 1. The molecule has 1 aromatic carbocycles. The van der Waals surface area contributed by atoms with Crippen LogP contribution in [0.3, 0.4) is 0 Å². The Morgan fingerprint density at radius 3 is 2.37 bits per heavy atom. The summed E-state index contributed by atoms with van der Waals surface area (Å²) in [6, 6.07) is 6.04. The summed E-state index contributed by atoms with van der Waals surface area (Å²) in [7, 11) is 2.10. The van der Waals surface area contributed by atoms with Crippen molar-refractivity contribution in [1.82, 2.24) is 9.80 Å². The number of carbonyl (C=O) groups excluding carboxylic acids is 1. The summed E-state index contributed by atoms with van der Waals surface area (Å²) in [5.74, 6) is 0.577. The van der Waals surface area contributed by atoms with Crippen LogP contribution in [0.2, 0.25) is 0 Å². The molecule has 1 aliphatic heterocycles. The zero-order valence-electron chi connectivity index (χ0n) is 11.8. The van der Waals surface area contributed by atoms with Crippen molar-refractivity contribution in [3.05, 3.63) is 33.8 Å². The Labute approximate surface area is 123 Å². The zero-order valence-corrected chi connectivity index (χ0v) is 13.4. The molecule has 104 valence electrons. The lowest BCUT2D eigenvalue weighted by atomic mass is 10.0. The Kier molecular flexibility index (Phi) is 4.63. The number of nitrogens with zero attached hydrogens (tertiary/aromatic N) is 2. The molecular weight excluding hydrogens is 304 g/mol. The van der Waals surface area contributed by atoms with Gasteiger partial charge in [0, 0.05) is 36.2 Å². The monoisotopic (exact) mass is 324 g/mol. The van der Waals surface area contributed by atoms with Crippen molar-refractivity contribution in [2.45, 2.75) is 19.8 Å². The average Bonchev–Trinajstić information content (AvgIpc) is 2.38. The first-order valence-electron chi connectivity index (χ1n) is 6.75. The molecule has 0 unspecified atom stereocenters. The van der Waals surface area contributed by atoms with E-state index in [1.54, 1.807) is 0 Å². The third-order valence-corrected chi connectivity index (χ3v) is 4.08. The number of carbonyl (C=O) groups is 1. The van der Waals surface area contributed by atoms with Crippen LogP contribution in [0.1, 0.15) is 35.7 Å². The van der Waals surface area contributed by atoms with Gasteiger partial charge in [0.2, 0.25) is 0 Å². The van der Waals surface area contributed by atoms with Gasteiger partial charge in [-0.05, 0) is 36.7 Å². The highest BCUT2D eigenvalue weighted by atomic mass is 79.9. The molecule has 2 rings (SSSR count). The van der Waals surface area contributed by atoms with E-state index in [0.717, 1.165) is 36.2 Å². The summed E-state index contributed by atoms with van der Waals surface area (Å²) in [6.45, 7) is 7.84. The number of benzene rings is 1. The molecule has 4 heteroatoms. The molecule has 0 spiro atoms. The fourth-order valence-corrected chi connectivity index (χ4v) is 2.77. The number of piperazine rings is 1. The van der Waals surface area contributed by atoms with Crippen LogP contribution in [-0.2, 0) is 0 Å². The first-order chi connectivity index (χ1) is 8.97. The van der Waals surface area contributed by atoms with Gasteiger partial charge in [0.1, 0.15) is 0 Å². The minimum Gasteiger partial charge on any atom is -0.336 e. The van der Waals surface area contributed by atoms with Gasteiger partial charge in [-0.3, -0.25) is 4.79 Å². The topological polar surface area (TPSA) is 23.6 Å². The van der Waals surface area contributed by atoms with E-state index in [2.05, 4.69) is 47.8 Å². The molecule has 0 bridgehead atoms. The van der Waals surface area contributed by atoms with Crippen molar-refractivity contribution in [1.29, 1.82) is 0 Å². The van der Waals surface area contributed by atoms with Gasteiger partial charge in [0.25, 0.3) is 5.91 Å². The minimum absolute atomic E-state index is 0.149. The van der Waals surface area contributed by atoms with Crippen molar-refractivity contribution < 1.29 is 4.79 Å². The Bertz CT molecular complexity index is 465. The van der Waals surface area contributed by atoms with E-state index in [1.165, 1.54) is 5.56 Å². The summed E-state index contributed by atoms with van der Waals surface area (Å²) >= 11 is 3.50. The van der Waals surface area contributed by atoms with Crippen LogP contribution in [-0.4, -0.2) is 48.9 Å². The fraction of sp³-hybridized carbons (Fsp3) is 0.533. The van der Waals surface area contributed by atoms with E-state index in [0.29, 0.717) is 5.92 Å². The molecule has 1 aromatic rings. The van der Waals surface area contributed by atoms with Crippen LogP contribution in [0.4, 0.5) is 0 Å². The maximum atomic E-state index is 12.5. The van der Waals surface area contributed by atoms with E-state index in [9.17, 15) is 4.79 Å². The van der Waals surface area contributed by atoms with Crippen molar-refractivity contribution in [3.63, 3.8) is 0 Å². The zero-order chi connectivity index (χ0) is 14.0. The summed E-state index contributed by atoms with van der Waals surface area (Å²) in [6.07, 6.45) is 0. The normalized spacial score (nSPS) is 17.0. The number of halogens is 1. The van der Waals surface area contributed by atoms with Crippen molar-refractivity contribution in [3.8, 4) is 0 Å². The Hall–Kier alpha value is -0.870. The number of rotatable bonds is 2. The van der Waals surface area contributed by atoms with Gasteiger partial charge >= 0.3 is 0 Å². The Balaban J connectivity index is 2.19. The number of amides is 1. The predicted molar refractivity (Wildman–Crippen MR) is 81.6 cm³/mol. The maximum absolute atomic E-state index is 12.5. The molecule has 0 N–H and O–H groups in total.